The molecule has 2 rings (SSSR count). The van der Waals surface area contributed by atoms with Crippen LogP contribution in [0, 0.1) is 0 Å². The van der Waals surface area contributed by atoms with E-state index >= 15 is 0 Å². The van der Waals surface area contributed by atoms with Crippen LogP contribution in [0.15, 0.2) is 18.2 Å². The number of hydrogen-bond acceptors (Lipinski definition) is 3. The SMILES string of the molecule is Cl.NCC1(NS(=O)(=O)Cc2cc(Cl)cc(Cl)c2)CCCC1. The molecule has 1 saturated carbocycles. The Balaban J connectivity index is 0.00000220. The maximum atomic E-state index is 12.3. The molecule has 1 fully saturated rings. The number of nitrogens with one attached hydrogen (secondary N) is 1. The summed E-state index contributed by atoms with van der Waals surface area (Å²) < 4.78 is 27.3. The van der Waals surface area contributed by atoms with Gasteiger partial charge in [0, 0.05) is 22.1 Å². The van der Waals surface area contributed by atoms with Gasteiger partial charge in [-0.05, 0) is 36.6 Å². The lowest BCUT2D eigenvalue weighted by Gasteiger charge is -2.28. The fourth-order valence-electron chi connectivity index (χ4n) is 2.68. The Morgan fingerprint density at radius 2 is 1.67 bits per heavy atom. The zero-order valence-electron chi connectivity index (χ0n) is 11.4. The van der Waals surface area contributed by atoms with E-state index in [-0.39, 0.29) is 18.2 Å². The highest BCUT2D eigenvalue weighted by molar-refractivity contribution is 7.88. The summed E-state index contributed by atoms with van der Waals surface area (Å²) in [6.45, 7) is 0.322. The first-order valence-electron chi connectivity index (χ1n) is 6.51. The summed E-state index contributed by atoms with van der Waals surface area (Å²) in [4.78, 5) is 0. The molecular formula is C13H19Cl3N2O2S. The van der Waals surface area contributed by atoms with Gasteiger partial charge in [-0.3, -0.25) is 0 Å². The molecule has 1 aliphatic carbocycles. The topological polar surface area (TPSA) is 72.2 Å². The minimum Gasteiger partial charge on any atom is -0.329 e. The molecule has 0 heterocycles. The first-order valence-corrected chi connectivity index (χ1v) is 8.92. The van der Waals surface area contributed by atoms with E-state index in [4.69, 9.17) is 28.9 Å². The molecule has 3 N–H and O–H groups in total. The van der Waals surface area contributed by atoms with E-state index in [1.165, 1.54) is 0 Å². The molecule has 0 spiro atoms. The van der Waals surface area contributed by atoms with Crippen molar-refractivity contribution in [3.8, 4) is 0 Å². The van der Waals surface area contributed by atoms with Gasteiger partial charge in [-0.15, -0.1) is 12.4 Å². The van der Waals surface area contributed by atoms with Crippen LogP contribution in [0.4, 0.5) is 0 Å². The van der Waals surface area contributed by atoms with Gasteiger partial charge in [0.05, 0.1) is 5.75 Å². The lowest BCUT2D eigenvalue weighted by atomic mass is 10.0. The van der Waals surface area contributed by atoms with Crippen LogP contribution in [0.25, 0.3) is 0 Å². The second-order valence-electron chi connectivity index (χ2n) is 5.33. The summed E-state index contributed by atoms with van der Waals surface area (Å²) in [6.07, 6.45) is 3.59. The average molecular weight is 374 g/mol. The second kappa shape index (κ2) is 7.49. The minimum atomic E-state index is -3.47. The van der Waals surface area contributed by atoms with E-state index in [1.807, 2.05) is 0 Å². The van der Waals surface area contributed by atoms with Gasteiger partial charge in [-0.2, -0.15) is 0 Å². The number of nitrogens with two attached hydrogens (primary N) is 1. The highest BCUT2D eigenvalue weighted by Gasteiger charge is 2.36. The molecule has 0 aliphatic heterocycles. The fraction of sp³-hybridized carbons (Fsp3) is 0.538. The van der Waals surface area contributed by atoms with Crippen molar-refractivity contribution in [2.24, 2.45) is 5.73 Å². The van der Waals surface area contributed by atoms with Crippen molar-refractivity contribution >= 4 is 45.6 Å². The zero-order chi connectivity index (χ0) is 14.8. The van der Waals surface area contributed by atoms with Crippen molar-refractivity contribution in [3.05, 3.63) is 33.8 Å². The normalized spacial score (nSPS) is 17.5. The molecule has 0 amide bonds. The van der Waals surface area contributed by atoms with Gasteiger partial charge in [-0.25, -0.2) is 13.1 Å². The maximum Gasteiger partial charge on any atom is 0.216 e. The van der Waals surface area contributed by atoms with Gasteiger partial charge >= 0.3 is 0 Å². The van der Waals surface area contributed by atoms with Crippen molar-refractivity contribution in [2.75, 3.05) is 6.54 Å². The molecule has 1 aromatic rings. The average Bonchev–Trinajstić information content (AvgIpc) is 2.75. The smallest absolute Gasteiger partial charge is 0.216 e. The zero-order valence-corrected chi connectivity index (χ0v) is 14.6. The summed E-state index contributed by atoms with van der Waals surface area (Å²) in [5, 5.41) is 0.856. The van der Waals surface area contributed by atoms with Crippen LogP contribution in [-0.2, 0) is 15.8 Å². The summed E-state index contributed by atoms with van der Waals surface area (Å²) in [7, 11) is -3.47. The van der Waals surface area contributed by atoms with Gasteiger partial charge in [0.15, 0.2) is 0 Å². The van der Waals surface area contributed by atoms with Crippen LogP contribution in [-0.4, -0.2) is 20.5 Å². The standard InChI is InChI=1S/C13H18Cl2N2O2S.ClH/c14-11-5-10(6-12(15)7-11)8-20(18,19)17-13(9-16)3-1-2-4-13;/h5-7,17H,1-4,8-9,16H2;1H. The van der Waals surface area contributed by atoms with Crippen LogP contribution in [0.1, 0.15) is 31.2 Å². The molecule has 0 saturated heterocycles. The van der Waals surface area contributed by atoms with E-state index < -0.39 is 15.6 Å². The van der Waals surface area contributed by atoms with Gasteiger partial charge in [0.1, 0.15) is 0 Å². The molecule has 0 radical (unpaired) electrons. The lowest BCUT2D eigenvalue weighted by molar-refractivity contribution is 0.399. The molecule has 8 heteroatoms. The van der Waals surface area contributed by atoms with Crippen molar-refractivity contribution in [1.29, 1.82) is 0 Å². The Hall–Kier alpha value is -0.0400. The molecule has 0 aromatic heterocycles. The van der Waals surface area contributed by atoms with E-state index in [1.54, 1.807) is 18.2 Å². The number of sulfonamides is 1. The van der Waals surface area contributed by atoms with Crippen LogP contribution in [0.3, 0.4) is 0 Å². The minimum absolute atomic E-state index is 0. The molecule has 1 aliphatic rings. The molecule has 0 atom stereocenters. The molecule has 4 nitrogen and oxygen atoms in total. The summed E-state index contributed by atoms with van der Waals surface area (Å²) in [5.41, 5.74) is 5.83. The predicted molar refractivity (Wildman–Crippen MR) is 89.7 cm³/mol. The van der Waals surface area contributed by atoms with Gasteiger partial charge in [0.25, 0.3) is 0 Å². The molecular weight excluding hydrogens is 355 g/mol. The molecule has 21 heavy (non-hydrogen) atoms. The van der Waals surface area contributed by atoms with E-state index in [9.17, 15) is 8.42 Å². The van der Waals surface area contributed by atoms with Crippen molar-refractivity contribution in [1.82, 2.24) is 4.72 Å². The largest absolute Gasteiger partial charge is 0.329 e. The third-order valence-corrected chi connectivity index (χ3v) is 5.50. The maximum absolute atomic E-state index is 12.3. The molecule has 120 valence electrons. The van der Waals surface area contributed by atoms with Crippen LogP contribution >= 0.6 is 35.6 Å². The van der Waals surface area contributed by atoms with Gasteiger partial charge < -0.3 is 5.73 Å². The van der Waals surface area contributed by atoms with Crippen LogP contribution in [0.2, 0.25) is 10.0 Å². The Labute approximate surface area is 141 Å². The summed E-state index contributed by atoms with van der Waals surface area (Å²) in [6, 6.07) is 4.79. The third-order valence-electron chi connectivity index (χ3n) is 3.60. The molecule has 1 aromatic carbocycles. The fourth-order valence-corrected chi connectivity index (χ4v) is 4.88. The van der Waals surface area contributed by atoms with E-state index in [0.29, 0.717) is 22.2 Å². The molecule has 0 bridgehead atoms. The summed E-state index contributed by atoms with van der Waals surface area (Å²) in [5.74, 6) is -0.144. The van der Waals surface area contributed by atoms with Crippen molar-refractivity contribution in [2.45, 2.75) is 37.0 Å². The molecule has 0 unspecified atom stereocenters. The first-order chi connectivity index (χ1) is 9.34. The monoisotopic (exact) mass is 372 g/mol. The first kappa shape index (κ1) is 19.0. The quantitative estimate of drug-likeness (QED) is 0.833. The van der Waals surface area contributed by atoms with Crippen LogP contribution in [0.5, 0.6) is 0 Å². The summed E-state index contributed by atoms with van der Waals surface area (Å²) >= 11 is 11.8. The number of hydrogen-bond donors (Lipinski definition) is 2. The van der Waals surface area contributed by atoms with E-state index in [0.717, 1.165) is 25.7 Å². The Bertz CT molecular complexity index is 567. The predicted octanol–water partition coefficient (Wildman–Crippen LogP) is 3.11. The second-order valence-corrected chi connectivity index (χ2v) is 7.93. The Morgan fingerprint density at radius 3 is 2.14 bits per heavy atom. The van der Waals surface area contributed by atoms with Crippen molar-refractivity contribution in [3.63, 3.8) is 0 Å². The highest BCUT2D eigenvalue weighted by atomic mass is 35.5. The van der Waals surface area contributed by atoms with Gasteiger partial charge in [0.2, 0.25) is 10.0 Å². The Kier molecular flexibility index (Phi) is 6.78. The Morgan fingerprint density at radius 1 is 1.14 bits per heavy atom. The third kappa shape index (κ3) is 5.27. The number of benzene rings is 1. The van der Waals surface area contributed by atoms with Crippen LogP contribution < -0.4 is 10.5 Å². The highest BCUT2D eigenvalue weighted by Crippen LogP contribution is 2.30. The van der Waals surface area contributed by atoms with E-state index in [2.05, 4.69) is 4.72 Å². The van der Waals surface area contributed by atoms with Crippen molar-refractivity contribution < 1.29 is 8.42 Å². The lowest BCUT2D eigenvalue weighted by Crippen LogP contribution is -2.51. The van der Waals surface area contributed by atoms with Gasteiger partial charge in [-0.1, -0.05) is 36.0 Å². The number of halogens is 3. The number of rotatable bonds is 5.